The molecule has 8 heteroatoms. The SMILES string of the molecule is Cc1cc([N+](=O)[O-])cc(C(=O)N(C)[C@@H]2CNC[C@H]2O)c1F. The third-order valence-electron chi connectivity index (χ3n) is 3.65. The van der Waals surface area contributed by atoms with E-state index in [1.807, 2.05) is 0 Å². The van der Waals surface area contributed by atoms with Crippen LogP contribution in [-0.2, 0) is 0 Å². The number of rotatable bonds is 3. The second kappa shape index (κ2) is 5.74. The Morgan fingerprint density at radius 2 is 2.19 bits per heavy atom. The number of nitrogens with zero attached hydrogens (tertiary/aromatic N) is 2. The Kier molecular flexibility index (Phi) is 4.19. The third kappa shape index (κ3) is 2.86. The van der Waals surface area contributed by atoms with Crippen LogP contribution in [0.2, 0.25) is 0 Å². The molecule has 1 saturated heterocycles. The van der Waals surface area contributed by atoms with Crippen molar-refractivity contribution in [2.45, 2.75) is 19.1 Å². The highest BCUT2D eigenvalue weighted by atomic mass is 19.1. The van der Waals surface area contributed by atoms with Crippen LogP contribution >= 0.6 is 0 Å². The van der Waals surface area contributed by atoms with Gasteiger partial charge in [-0.15, -0.1) is 0 Å². The van der Waals surface area contributed by atoms with Crippen molar-refractivity contribution in [3.63, 3.8) is 0 Å². The molecule has 1 fully saturated rings. The standard InChI is InChI=1S/C13H16FN3O4/c1-7-3-8(17(20)21)4-9(12(7)14)13(19)16(2)10-5-15-6-11(10)18/h3-4,10-11,15,18H,5-6H2,1-2H3/t10-,11-/m1/s1. The number of benzene rings is 1. The molecule has 1 aromatic carbocycles. The van der Waals surface area contributed by atoms with Crippen molar-refractivity contribution in [2.75, 3.05) is 20.1 Å². The van der Waals surface area contributed by atoms with Gasteiger partial charge >= 0.3 is 0 Å². The van der Waals surface area contributed by atoms with Crippen LogP contribution in [0.1, 0.15) is 15.9 Å². The summed E-state index contributed by atoms with van der Waals surface area (Å²) >= 11 is 0. The van der Waals surface area contributed by atoms with Gasteiger partial charge in [0.15, 0.2) is 0 Å². The molecule has 1 aliphatic rings. The lowest BCUT2D eigenvalue weighted by atomic mass is 10.1. The number of β-amino-alcohol motifs (C(OH)–C–C–N with tert-alkyl or cyclic N) is 1. The largest absolute Gasteiger partial charge is 0.390 e. The summed E-state index contributed by atoms with van der Waals surface area (Å²) in [6.07, 6.45) is -0.748. The molecular formula is C13H16FN3O4. The van der Waals surface area contributed by atoms with Gasteiger partial charge in [-0.2, -0.15) is 0 Å². The summed E-state index contributed by atoms with van der Waals surface area (Å²) in [6, 6.07) is 1.52. The number of nitrogens with one attached hydrogen (secondary N) is 1. The van der Waals surface area contributed by atoms with Gasteiger partial charge in [0.05, 0.1) is 22.6 Å². The third-order valence-corrected chi connectivity index (χ3v) is 3.65. The number of carbonyl (C=O) groups excluding carboxylic acids is 1. The zero-order chi connectivity index (χ0) is 15.7. The number of nitro groups is 1. The van der Waals surface area contributed by atoms with Crippen molar-refractivity contribution in [1.82, 2.24) is 10.2 Å². The highest BCUT2D eigenvalue weighted by molar-refractivity contribution is 5.95. The molecule has 7 nitrogen and oxygen atoms in total. The zero-order valence-corrected chi connectivity index (χ0v) is 11.7. The van der Waals surface area contributed by atoms with E-state index in [0.29, 0.717) is 13.1 Å². The average Bonchev–Trinajstić information content (AvgIpc) is 2.86. The Labute approximate surface area is 120 Å². The van der Waals surface area contributed by atoms with Crippen LogP contribution in [0, 0.1) is 22.9 Å². The van der Waals surface area contributed by atoms with Crippen LogP contribution in [0.4, 0.5) is 10.1 Å². The molecule has 21 heavy (non-hydrogen) atoms. The second-order valence-corrected chi connectivity index (χ2v) is 5.09. The van der Waals surface area contributed by atoms with Crippen LogP contribution in [0.25, 0.3) is 0 Å². The van der Waals surface area contributed by atoms with Gasteiger partial charge in [0.2, 0.25) is 0 Å². The first kappa shape index (κ1) is 15.3. The lowest BCUT2D eigenvalue weighted by Crippen LogP contribution is -2.44. The van der Waals surface area contributed by atoms with Crippen molar-refractivity contribution in [2.24, 2.45) is 0 Å². The summed E-state index contributed by atoms with van der Waals surface area (Å²) in [6.45, 7) is 2.10. The van der Waals surface area contributed by atoms with E-state index in [4.69, 9.17) is 0 Å². The molecule has 1 heterocycles. The fourth-order valence-corrected chi connectivity index (χ4v) is 2.40. The Balaban J connectivity index is 2.36. The minimum Gasteiger partial charge on any atom is -0.390 e. The number of likely N-dealkylation sites (N-methyl/N-ethyl adjacent to an activating group) is 1. The van der Waals surface area contributed by atoms with E-state index in [1.165, 1.54) is 18.9 Å². The second-order valence-electron chi connectivity index (χ2n) is 5.09. The number of carbonyl (C=O) groups is 1. The van der Waals surface area contributed by atoms with E-state index < -0.39 is 28.8 Å². The Hall–Kier alpha value is -2.06. The van der Waals surface area contributed by atoms with Crippen molar-refractivity contribution in [1.29, 1.82) is 0 Å². The summed E-state index contributed by atoms with van der Waals surface area (Å²) in [5.74, 6) is -1.47. The van der Waals surface area contributed by atoms with Gasteiger partial charge in [-0.3, -0.25) is 14.9 Å². The number of hydrogen-bond acceptors (Lipinski definition) is 5. The minimum absolute atomic E-state index is 0.0334. The van der Waals surface area contributed by atoms with E-state index in [1.54, 1.807) is 0 Å². The van der Waals surface area contributed by atoms with Crippen LogP contribution in [0.5, 0.6) is 0 Å². The molecular weight excluding hydrogens is 281 g/mol. The number of halogens is 1. The van der Waals surface area contributed by atoms with Gasteiger partial charge in [0.1, 0.15) is 5.82 Å². The number of non-ortho nitro benzene ring substituents is 1. The van der Waals surface area contributed by atoms with Crippen LogP contribution in [-0.4, -0.2) is 53.1 Å². The molecule has 0 saturated carbocycles. The first-order valence-electron chi connectivity index (χ1n) is 6.43. The van der Waals surface area contributed by atoms with Gasteiger partial charge in [-0.1, -0.05) is 0 Å². The molecule has 2 N–H and O–H groups in total. The summed E-state index contributed by atoms with van der Waals surface area (Å²) in [7, 11) is 1.44. The summed E-state index contributed by atoms with van der Waals surface area (Å²) in [4.78, 5) is 23.7. The first-order chi connectivity index (χ1) is 9.82. The number of aliphatic hydroxyl groups excluding tert-OH is 1. The highest BCUT2D eigenvalue weighted by Crippen LogP contribution is 2.23. The number of aryl methyl sites for hydroxylation is 1. The summed E-state index contributed by atoms with van der Waals surface area (Å²) in [5, 5.41) is 23.5. The van der Waals surface area contributed by atoms with Gasteiger partial charge in [0, 0.05) is 32.3 Å². The highest BCUT2D eigenvalue weighted by Gasteiger charge is 2.33. The maximum atomic E-state index is 14.1. The maximum Gasteiger partial charge on any atom is 0.270 e. The van der Waals surface area contributed by atoms with Crippen LogP contribution in [0.15, 0.2) is 12.1 Å². The number of aliphatic hydroxyl groups is 1. The van der Waals surface area contributed by atoms with Crippen molar-refractivity contribution < 1.29 is 19.2 Å². The van der Waals surface area contributed by atoms with E-state index >= 15 is 0 Å². The predicted molar refractivity (Wildman–Crippen MR) is 72.5 cm³/mol. The Morgan fingerprint density at radius 3 is 2.71 bits per heavy atom. The fourth-order valence-electron chi connectivity index (χ4n) is 2.40. The molecule has 0 aromatic heterocycles. The Bertz CT molecular complexity index is 593. The van der Waals surface area contributed by atoms with E-state index in [0.717, 1.165) is 12.1 Å². The molecule has 114 valence electrons. The average molecular weight is 297 g/mol. The normalized spacial score (nSPS) is 21.3. The lowest BCUT2D eigenvalue weighted by molar-refractivity contribution is -0.385. The van der Waals surface area contributed by atoms with Gasteiger partial charge in [0.25, 0.3) is 11.6 Å². The monoisotopic (exact) mass is 297 g/mol. The van der Waals surface area contributed by atoms with Gasteiger partial charge < -0.3 is 15.3 Å². The molecule has 0 aliphatic carbocycles. The van der Waals surface area contributed by atoms with E-state index in [2.05, 4.69) is 5.32 Å². The maximum absolute atomic E-state index is 14.1. The molecule has 0 spiro atoms. The van der Waals surface area contributed by atoms with Crippen LogP contribution < -0.4 is 5.32 Å². The molecule has 1 aliphatic heterocycles. The molecule has 0 radical (unpaired) electrons. The van der Waals surface area contributed by atoms with Gasteiger partial charge in [-0.25, -0.2) is 4.39 Å². The molecule has 0 bridgehead atoms. The first-order valence-corrected chi connectivity index (χ1v) is 6.43. The predicted octanol–water partition coefficient (Wildman–Crippen LogP) is 0.447. The van der Waals surface area contributed by atoms with E-state index in [9.17, 15) is 24.4 Å². The number of nitro benzene ring substituents is 1. The number of hydrogen-bond donors (Lipinski definition) is 2. The molecule has 1 aromatic rings. The summed E-state index contributed by atoms with van der Waals surface area (Å²) in [5.41, 5.74) is -0.662. The van der Waals surface area contributed by atoms with Crippen LogP contribution in [0.3, 0.4) is 0 Å². The fraction of sp³-hybridized carbons (Fsp3) is 0.462. The van der Waals surface area contributed by atoms with Gasteiger partial charge in [-0.05, 0) is 12.5 Å². The zero-order valence-electron chi connectivity index (χ0n) is 11.7. The van der Waals surface area contributed by atoms with Crippen molar-refractivity contribution >= 4 is 11.6 Å². The lowest BCUT2D eigenvalue weighted by Gasteiger charge is -2.26. The van der Waals surface area contributed by atoms with Crippen molar-refractivity contribution in [3.8, 4) is 0 Å². The van der Waals surface area contributed by atoms with E-state index in [-0.39, 0.29) is 16.8 Å². The smallest absolute Gasteiger partial charge is 0.270 e. The molecule has 0 unspecified atom stereocenters. The molecule has 1 amide bonds. The number of amides is 1. The van der Waals surface area contributed by atoms with Crippen molar-refractivity contribution in [3.05, 3.63) is 39.2 Å². The molecule has 2 rings (SSSR count). The molecule has 2 atom stereocenters. The summed E-state index contributed by atoms with van der Waals surface area (Å²) < 4.78 is 14.1. The quantitative estimate of drug-likeness (QED) is 0.624. The minimum atomic E-state index is -0.780. The Morgan fingerprint density at radius 1 is 1.52 bits per heavy atom. The topological polar surface area (TPSA) is 95.7 Å².